The third-order valence-electron chi connectivity index (χ3n) is 6.14. The van der Waals surface area contributed by atoms with Crippen molar-refractivity contribution >= 4 is 68.7 Å². The molecule has 0 aromatic carbocycles. The van der Waals surface area contributed by atoms with E-state index in [1.165, 1.54) is 14.6 Å². The van der Waals surface area contributed by atoms with Crippen molar-refractivity contribution < 1.29 is 9.59 Å². The number of aromatic nitrogens is 2. The summed E-state index contributed by atoms with van der Waals surface area (Å²) in [5, 5.41) is 1.96. The number of carbonyl (C=O) groups is 2. The molecule has 31 heavy (non-hydrogen) atoms. The van der Waals surface area contributed by atoms with Crippen LogP contribution >= 0.6 is 57.1 Å². The molecule has 4 unspecified atom stereocenters. The van der Waals surface area contributed by atoms with Crippen molar-refractivity contribution in [2.24, 2.45) is 11.8 Å². The molecule has 0 saturated carbocycles. The Labute approximate surface area is 198 Å². The lowest BCUT2D eigenvalue weighted by Crippen LogP contribution is -2.24. The minimum atomic E-state index is -0.278. The summed E-state index contributed by atoms with van der Waals surface area (Å²) in [7, 11) is 0. The SMILES string of the molecule is Cc1ccc(-c2ccc(-c3nc4c(s3)C3SC5c6sc(C)nc6C(=O)C5C3C4=O)s2)s1. The Kier molecular flexibility index (Phi) is 3.93. The Bertz CT molecular complexity index is 1420. The molecule has 4 atom stereocenters. The molecule has 1 aliphatic heterocycles. The lowest BCUT2D eigenvalue weighted by Gasteiger charge is -2.12. The summed E-state index contributed by atoms with van der Waals surface area (Å²) in [5.74, 6) is -0.437. The molecule has 0 bridgehead atoms. The normalized spacial score (nSPS) is 25.7. The third-order valence-corrected chi connectivity index (χ3v) is 12.7. The molecule has 154 valence electrons. The van der Waals surface area contributed by atoms with E-state index in [1.54, 1.807) is 57.1 Å². The highest BCUT2D eigenvalue weighted by Crippen LogP contribution is 2.68. The molecule has 5 heterocycles. The van der Waals surface area contributed by atoms with Gasteiger partial charge in [-0.15, -0.1) is 57.1 Å². The molecule has 9 heteroatoms. The van der Waals surface area contributed by atoms with Gasteiger partial charge in [-0.1, -0.05) is 0 Å². The molecule has 0 radical (unpaired) electrons. The van der Waals surface area contributed by atoms with E-state index in [0.29, 0.717) is 11.4 Å². The molecule has 0 amide bonds. The maximum absolute atomic E-state index is 13.3. The molecule has 1 fully saturated rings. The van der Waals surface area contributed by atoms with Gasteiger partial charge in [-0.3, -0.25) is 9.59 Å². The van der Waals surface area contributed by atoms with Crippen molar-refractivity contribution in [2.45, 2.75) is 24.3 Å². The van der Waals surface area contributed by atoms with E-state index in [0.717, 1.165) is 24.6 Å². The molecule has 4 aromatic heterocycles. The second-order valence-corrected chi connectivity index (χ2v) is 13.9. The summed E-state index contributed by atoms with van der Waals surface area (Å²) in [6, 6.07) is 8.55. The number of fused-ring (bicyclic) bond motifs is 7. The number of thioether (sulfide) groups is 1. The molecular weight excluding hydrogens is 485 g/mol. The van der Waals surface area contributed by atoms with Crippen LogP contribution in [0.5, 0.6) is 0 Å². The molecule has 1 saturated heterocycles. The van der Waals surface area contributed by atoms with Crippen LogP contribution in [-0.4, -0.2) is 21.5 Å². The summed E-state index contributed by atoms with van der Waals surface area (Å²) in [6.45, 7) is 4.06. The van der Waals surface area contributed by atoms with Gasteiger partial charge in [-0.2, -0.15) is 0 Å². The van der Waals surface area contributed by atoms with Crippen molar-refractivity contribution in [2.75, 3.05) is 0 Å². The molecule has 0 spiro atoms. The minimum absolute atomic E-state index is 0.0441. The van der Waals surface area contributed by atoms with Gasteiger partial charge in [-0.25, -0.2) is 9.97 Å². The molecule has 4 nitrogen and oxygen atoms in total. The Balaban J connectivity index is 1.24. The predicted molar refractivity (Wildman–Crippen MR) is 129 cm³/mol. The van der Waals surface area contributed by atoms with E-state index < -0.39 is 0 Å². The monoisotopic (exact) mass is 498 g/mol. The number of ketones is 2. The van der Waals surface area contributed by atoms with E-state index in [-0.39, 0.29) is 33.9 Å². The second kappa shape index (κ2) is 6.45. The molecule has 4 aromatic rings. The second-order valence-electron chi connectivity index (χ2n) is 8.01. The summed E-state index contributed by atoms with van der Waals surface area (Å²) in [5.41, 5.74) is 1.20. The van der Waals surface area contributed by atoms with Gasteiger partial charge >= 0.3 is 0 Å². The Hall–Kier alpha value is -1.65. The van der Waals surface area contributed by atoms with Crippen LogP contribution in [-0.2, 0) is 0 Å². The highest BCUT2D eigenvalue weighted by molar-refractivity contribution is 8.00. The predicted octanol–water partition coefficient (Wildman–Crippen LogP) is 6.83. The summed E-state index contributed by atoms with van der Waals surface area (Å²) in [6.07, 6.45) is 0. The maximum atomic E-state index is 13.3. The first-order valence-electron chi connectivity index (χ1n) is 9.88. The van der Waals surface area contributed by atoms with Gasteiger partial charge in [0.2, 0.25) is 0 Å². The van der Waals surface area contributed by atoms with Crippen molar-refractivity contribution in [3.05, 3.63) is 55.3 Å². The number of rotatable bonds is 2. The van der Waals surface area contributed by atoms with Crippen LogP contribution in [0.3, 0.4) is 0 Å². The average Bonchev–Trinajstić information content (AvgIpc) is 3.54. The fourth-order valence-corrected chi connectivity index (χ4v) is 11.3. The fraction of sp³-hybridized carbons (Fsp3) is 0.273. The van der Waals surface area contributed by atoms with Crippen molar-refractivity contribution in [1.29, 1.82) is 0 Å². The zero-order valence-corrected chi connectivity index (χ0v) is 20.5. The standard InChI is InChI=1S/C22H14N2O2S5/c1-7-3-4-9(27-7)10-5-6-11(29-10)22-24-15-17(26)13-12-16(25)14-20(28-8(2)23-14)18(12)30-19(13)21(15)31-22/h3-6,12-13,18-19H,1-2H3. The summed E-state index contributed by atoms with van der Waals surface area (Å²) < 4.78 is 0. The van der Waals surface area contributed by atoms with Gasteiger partial charge in [0.25, 0.3) is 0 Å². The van der Waals surface area contributed by atoms with Crippen molar-refractivity contribution in [3.63, 3.8) is 0 Å². The minimum Gasteiger partial charge on any atom is -0.292 e. The highest BCUT2D eigenvalue weighted by Gasteiger charge is 2.62. The number of hydrogen-bond donors (Lipinski definition) is 0. The number of aryl methyl sites for hydroxylation is 2. The number of thiophene rings is 2. The Morgan fingerprint density at radius 1 is 0.710 bits per heavy atom. The fourth-order valence-electron chi connectivity index (χ4n) is 4.84. The zero-order chi connectivity index (χ0) is 21.0. The van der Waals surface area contributed by atoms with E-state index >= 15 is 0 Å². The largest absolute Gasteiger partial charge is 0.292 e. The smallest absolute Gasteiger partial charge is 0.187 e. The van der Waals surface area contributed by atoms with Crippen LogP contribution < -0.4 is 0 Å². The van der Waals surface area contributed by atoms with Crippen LogP contribution in [0.1, 0.15) is 51.1 Å². The highest BCUT2D eigenvalue weighted by atomic mass is 32.2. The number of nitrogens with zero attached hydrogens (tertiary/aromatic N) is 2. The number of hydrogen-bond acceptors (Lipinski definition) is 9. The number of thiazole rings is 2. The van der Waals surface area contributed by atoms with Crippen LogP contribution in [0.25, 0.3) is 19.6 Å². The van der Waals surface area contributed by atoms with Crippen LogP contribution in [0.15, 0.2) is 24.3 Å². The van der Waals surface area contributed by atoms with E-state index in [1.807, 2.05) is 6.92 Å². The van der Waals surface area contributed by atoms with Gasteiger partial charge in [0.15, 0.2) is 11.6 Å². The molecule has 0 N–H and O–H groups in total. The third kappa shape index (κ3) is 2.52. The summed E-state index contributed by atoms with van der Waals surface area (Å²) >= 11 is 8.54. The Morgan fingerprint density at radius 2 is 1.32 bits per heavy atom. The summed E-state index contributed by atoms with van der Waals surface area (Å²) in [4.78, 5) is 42.6. The zero-order valence-electron chi connectivity index (χ0n) is 16.4. The quantitative estimate of drug-likeness (QED) is 0.303. The lowest BCUT2D eigenvalue weighted by molar-refractivity contribution is 0.0799. The molecular formula is C22H14N2O2S5. The average molecular weight is 499 g/mol. The maximum Gasteiger partial charge on any atom is 0.187 e. The van der Waals surface area contributed by atoms with Gasteiger partial charge < -0.3 is 0 Å². The number of Topliss-reactive ketones (excluding diaryl/α,β-unsaturated/α-hetero) is 2. The topological polar surface area (TPSA) is 59.9 Å². The molecule has 7 rings (SSSR count). The lowest BCUT2D eigenvalue weighted by atomic mass is 9.87. The van der Waals surface area contributed by atoms with Crippen LogP contribution in [0.2, 0.25) is 0 Å². The van der Waals surface area contributed by atoms with Gasteiger partial charge in [0.1, 0.15) is 16.4 Å². The molecule has 3 aliphatic rings. The van der Waals surface area contributed by atoms with Gasteiger partial charge in [0, 0.05) is 24.4 Å². The van der Waals surface area contributed by atoms with Crippen molar-refractivity contribution in [1.82, 2.24) is 9.97 Å². The first-order chi connectivity index (χ1) is 15.0. The van der Waals surface area contributed by atoms with Crippen LogP contribution in [0, 0.1) is 25.7 Å². The van der Waals surface area contributed by atoms with Crippen molar-refractivity contribution in [3.8, 4) is 19.6 Å². The van der Waals surface area contributed by atoms with Crippen LogP contribution in [0.4, 0.5) is 0 Å². The van der Waals surface area contributed by atoms with E-state index in [9.17, 15) is 9.59 Å². The molecule has 2 aliphatic carbocycles. The van der Waals surface area contributed by atoms with E-state index in [2.05, 4.69) is 36.2 Å². The Morgan fingerprint density at radius 3 is 2.03 bits per heavy atom. The number of carbonyl (C=O) groups excluding carboxylic acids is 2. The first-order valence-corrected chi connectivity index (χ1v) is 14.1. The van der Waals surface area contributed by atoms with Gasteiger partial charge in [0.05, 0.1) is 32.2 Å². The first kappa shape index (κ1) is 18.9. The van der Waals surface area contributed by atoms with Gasteiger partial charge in [-0.05, 0) is 38.1 Å². The van der Waals surface area contributed by atoms with E-state index in [4.69, 9.17) is 4.98 Å².